The predicted molar refractivity (Wildman–Crippen MR) is 103 cm³/mol. The van der Waals surface area contributed by atoms with Gasteiger partial charge in [0, 0.05) is 17.5 Å². The summed E-state index contributed by atoms with van der Waals surface area (Å²) in [4.78, 5) is 29.7. The Hall–Kier alpha value is -3.00. The van der Waals surface area contributed by atoms with Crippen LogP contribution in [0.2, 0.25) is 0 Å². The largest absolute Gasteiger partial charge is 0.317 e. The molecule has 0 radical (unpaired) electrons. The van der Waals surface area contributed by atoms with Crippen molar-refractivity contribution in [2.24, 2.45) is 0 Å². The summed E-state index contributed by atoms with van der Waals surface area (Å²) in [5.74, 6) is 1.03. The van der Waals surface area contributed by atoms with Crippen LogP contribution >= 0.6 is 0 Å². The van der Waals surface area contributed by atoms with E-state index in [1.807, 2.05) is 24.3 Å². The summed E-state index contributed by atoms with van der Waals surface area (Å²) in [7, 11) is 0. The highest BCUT2D eigenvalue weighted by atomic mass is 16.2. The number of carbonyl (C=O) groups excluding carboxylic acids is 1. The first-order chi connectivity index (χ1) is 13.1. The maximum atomic E-state index is 12.7. The Morgan fingerprint density at radius 3 is 2.85 bits per heavy atom. The van der Waals surface area contributed by atoms with Gasteiger partial charge in [-0.1, -0.05) is 18.2 Å². The number of anilines is 1. The molecule has 140 valence electrons. The number of carbonyl (C=O) groups is 1. The van der Waals surface area contributed by atoms with E-state index >= 15 is 0 Å². The van der Waals surface area contributed by atoms with Gasteiger partial charge < -0.3 is 9.88 Å². The van der Waals surface area contributed by atoms with Crippen LogP contribution in [-0.4, -0.2) is 38.7 Å². The number of pyridine rings is 1. The summed E-state index contributed by atoms with van der Waals surface area (Å²) in [6.45, 7) is 3.59. The molecule has 3 aromatic rings. The summed E-state index contributed by atoms with van der Waals surface area (Å²) < 4.78 is 1.43. The Kier molecular flexibility index (Phi) is 4.72. The van der Waals surface area contributed by atoms with Crippen molar-refractivity contribution in [2.75, 3.05) is 18.4 Å². The van der Waals surface area contributed by atoms with Crippen LogP contribution in [0.25, 0.3) is 10.8 Å². The van der Waals surface area contributed by atoms with Gasteiger partial charge in [-0.25, -0.2) is 0 Å². The van der Waals surface area contributed by atoms with E-state index in [0.29, 0.717) is 11.3 Å². The quantitative estimate of drug-likeness (QED) is 0.653. The molecular formula is C19H22N6O2. The third kappa shape index (κ3) is 3.48. The molecule has 2 aromatic heterocycles. The first-order valence-electron chi connectivity index (χ1n) is 9.17. The monoisotopic (exact) mass is 366 g/mol. The molecule has 0 saturated carbocycles. The van der Waals surface area contributed by atoms with Gasteiger partial charge in [0.05, 0.1) is 0 Å². The number of piperidine rings is 1. The van der Waals surface area contributed by atoms with E-state index in [2.05, 4.69) is 25.8 Å². The fourth-order valence-corrected chi connectivity index (χ4v) is 3.46. The smallest absolute Gasteiger partial charge is 0.259 e. The van der Waals surface area contributed by atoms with Gasteiger partial charge in [0.25, 0.3) is 5.56 Å². The minimum atomic E-state index is -0.678. The lowest BCUT2D eigenvalue weighted by Crippen LogP contribution is -2.31. The molecule has 1 aliphatic heterocycles. The minimum Gasteiger partial charge on any atom is -0.317 e. The van der Waals surface area contributed by atoms with Crippen LogP contribution in [0.5, 0.6) is 0 Å². The second-order valence-corrected chi connectivity index (χ2v) is 6.85. The van der Waals surface area contributed by atoms with Gasteiger partial charge in [0.1, 0.15) is 11.9 Å². The van der Waals surface area contributed by atoms with Crippen molar-refractivity contribution < 1.29 is 4.79 Å². The maximum Gasteiger partial charge on any atom is 0.259 e. The maximum absolute atomic E-state index is 12.7. The molecule has 1 amide bonds. The number of hydrogen-bond donors (Lipinski definition) is 3. The van der Waals surface area contributed by atoms with E-state index < -0.39 is 6.04 Å². The zero-order valence-electron chi connectivity index (χ0n) is 15.1. The van der Waals surface area contributed by atoms with Crippen LogP contribution < -0.4 is 16.2 Å². The molecule has 3 heterocycles. The van der Waals surface area contributed by atoms with E-state index in [9.17, 15) is 9.59 Å². The number of nitrogens with one attached hydrogen (secondary N) is 3. The summed E-state index contributed by atoms with van der Waals surface area (Å²) in [6.07, 6.45) is 3.63. The number of benzene rings is 1. The topological polar surface area (TPSA) is 105 Å². The molecule has 27 heavy (non-hydrogen) atoms. The molecule has 4 rings (SSSR count). The standard InChI is InChI=1S/C19H22N6O2/c1-12(25-11-8-13-4-2-3-5-15(13)18(25)27)17(26)22-19-21-16(23-24-19)14-6-9-20-10-7-14/h2-5,8,11-12,14,20H,6-7,9-10H2,1H3,(H2,21,22,23,24,26). The summed E-state index contributed by atoms with van der Waals surface area (Å²) in [6, 6.07) is 8.49. The van der Waals surface area contributed by atoms with Crippen molar-refractivity contribution >= 4 is 22.6 Å². The zero-order chi connectivity index (χ0) is 18.8. The lowest BCUT2D eigenvalue weighted by molar-refractivity contribution is -0.118. The highest BCUT2D eigenvalue weighted by molar-refractivity contribution is 5.92. The van der Waals surface area contributed by atoms with Crippen LogP contribution in [0, 0.1) is 0 Å². The SMILES string of the molecule is CC(C(=O)Nc1n[nH]c(C2CCNCC2)n1)n1ccc2ccccc2c1=O. The lowest BCUT2D eigenvalue weighted by atomic mass is 9.98. The number of nitrogens with zero attached hydrogens (tertiary/aromatic N) is 3. The fraction of sp³-hybridized carbons (Fsp3) is 0.368. The molecule has 0 bridgehead atoms. The third-order valence-electron chi connectivity index (χ3n) is 5.10. The van der Waals surface area contributed by atoms with Gasteiger partial charge in [0.15, 0.2) is 0 Å². The van der Waals surface area contributed by atoms with Crippen LogP contribution in [0.3, 0.4) is 0 Å². The van der Waals surface area contributed by atoms with Gasteiger partial charge in [-0.05, 0) is 50.4 Å². The molecule has 1 aromatic carbocycles. The molecule has 1 fully saturated rings. The van der Waals surface area contributed by atoms with Crippen LogP contribution in [0.1, 0.15) is 37.5 Å². The van der Waals surface area contributed by atoms with Crippen LogP contribution in [0.4, 0.5) is 5.95 Å². The van der Waals surface area contributed by atoms with Crippen molar-refractivity contribution in [2.45, 2.75) is 31.7 Å². The van der Waals surface area contributed by atoms with E-state index in [0.717, 1.165) is 37.1 Å². The molecule has 8 heteroatoms. The summed E-state index contributed by atoms with van der Waals surface area (Å²) in [5, 5.41) is 14.5. The Morgan fingerprint density at radius 1 is 1.26 bits per heavy atom. The fourth-order valence-electron chi connectivity index (χ4n) is 3.46. The highest BCUT2D eigenvalue weighted by Gasteiger charge is 2.22. The Labute approximate surface area is 156 Å². The molecule has 1 atom stereocenters. The van der Waals surface area contributed by atoms with Crippen molar-refractivity contribution in [3.8, 4) is 0 Å². The number of amides is 1. The van der Waals surface area contributed by atoms with E-state index in [1.165, 1.54) is 4.57 Å². The van der Waals surface area contributed by atoms with Crippen molar-refractivity contribution in [1.82, 2.24) is 25.1 Å². The van der Waals surface area contributed by atoms with Crippen molar-refractivity contribution in [1.29, 1.82) is 0 Å². The summed E-state index contributed by atoms with van der Waals surface area (Å²) >= 11 is 0. The Bertz CT molecular complexity index is 1020. The number of aromatic nitrogens is 4. The van der Waals surface area contributed by atoms with Gasteiger partial charge in [-0.2, -0.15) is 4.98 Å². The van der Waals surface area contributed by atoms with Gasteiger partial charge in [-0.3, -0.25) is 20.0 Å². The summed E-state index contributed by atoms with van der Waals surface area (Å²) in [5.41, 5.74) is -0.193. The first-order valence-corrected chi connectivity index (χ1v) is 9.17. The second-order valence-electron chi connectivity index (χ2n) is 6.85. The first kappa shape index (κ1) is 17.4. The van der Waals surface area contributed by atoms with Gasteiger partial charge in [0.2, 0.25) is 11.9 Å². The molecule has 3 N–H and O–H groups in total. The van der Waals surface area contributed by atoms with E-state index in [1.54, 1.807) is 19.2 Å². The number of hydrogen-bond acceptors (Lipinski definition) is 5. The molecule has 8 nitrogen and oxygen atoms in total. The van der Waals surface area contributed by atoms with E-state index in [4.69, 9.17) is 0 Å². The van der Waals surface area contributed by atoms with E-state index in [-0.39, 0.29) is 17.4 Å². The predicted octanol–water partition coefficient (Wildman–Crippen LogP) is 1.79. The van der Waals surface area contributed by atoms with Gasteiger partial charge in [-0.15, -0.1) is 5.10 Å². The van der Waals surface area contributed by atoms with Crippen LogP contribution in [-0.2, 0) is 4.79 Å². The minimum absolute atomic E-state index is 0.193. The number of H-pyrrole nitrogens is 1. The molecule has 1 aliphatic rings. The van der Waals surface area contributed by atoms with Crippen LogP contribution in [0.15, 0.2) is 41.3 Å². The Balaban J connectivity index is 1.51. The van der Waals surface area contributed by atoms with Crippen molar-refractivity contribution in [3.05, 3.63) is 52.7 Å². The molecular weight excluding hydrogens is 344 g/mol. The molecule has 1 unspecified atom stereocenters. The number of rotatable bonds is 4. The molecule has 1 saturated heterocycles. The zero-order valence-corrected chi connectivity index (χ0v) is 15.1. The highest BCUT2D eigenvalue weighted by Crippen LogP contribution is 2.22. The van der Waals surface area contributed by atoms with Crippen molar-refractivity contribution in [3.63, 3.8) is 0 Å². The van der Waals surface area contributed by atoms with Gasteiger partial charge >= 0.3 is 0 Å². The Morgan fingerprint density at radius 2 is 2.04 bits per heavy atom. The lowest BCUT2D eigenvalue weighted by Gasteiger charge is -2.19. The second kappa shape index (κ2) is 7.32. The number of fused-ring (bicyclic) bond motifs is 1. The number of aromatic amines is 1. The average Bonchev–Trinajstić information content (AvgIpc) is 3.17. The average molecular weight is 366 g/mol. The normalized spacial score (nSPS) is 16.3. The molecule has 0 spiro atoms. The molecule has 0 aliphatic carbocycles. The third-order valence-corrected chi connectivity index (χ3v) is 5.10.